The molecule has 1 aliphatic heterocycles. The number of benzene rings is 1. The molecule has 1 saturated heterocycles. The molecule has 0 unspecified atom stereocenters. The lowest BCUT2D eigenvalue weighted by Crippen LogP contribution is -2.36. The van der Waals surface area contributed by atoms with Gasteiger partial charge in [-0.1, -0.05) is 0 Å². The molecule has 8 nitrogen and oxygen atoms in total. The van der Waals surface area contributed by atoms with Gasteiger partial charge in [0.1, 0.15) is 18.3 Å². The minimum absolute atomic E-state index is 0.0493. The number of nitrogens with zero attached hydrogens (tertiary/aromatic N) is 1. The molecular formula is C11H14N2O6. The third kappa shape index (κ3) is 2.82. The number of non-ortho nitro benzene ring substituents is 1. The molecule has 8 heteroatoms. The Bertz CT molecular complexity index is 451. The second-order valence-corrected chi connectivity index (χ2v) is 4.21. The van der Waals surface area contributed by atoms with E-state index in [9.17, 15) is 20.3 Å². The van der Waals surface area contributed by atoms with Crippen LogP contribution in [0.4, 0.5) is 11.4 Å². The summed E-state index contributed by atoms with van der Waals surface area (Å²) in [6.07, 6.45) is -4.10. The molecule has 1 aromatic rings. The van der Waals surface area contributed by atoms with E-state index >= 15 is 0 Å². The Labute approximate surface area is 108 Å². The van der Waals surface area contributed by atoms with Crippen LogP contribution in [-0.4, -0.2) is 51.4 Å². The first-order valence-electron chi connectivity index (χ1n) is 5.66. The van der Waals surface area contributed by atoms with Crippen LogP contribution < -0.4 is 5.32 Å². The average molecular weight is 270 g/mol. The van der Waals surface area contributed by atoms with Crippen molar-refractivity contribution in [3.63, 3.8) is 0 Å². The van der Waals surface area contributed by atoms with Crippen LogP contribution in [0.2, 0.25) is 0 Å². The quantitative estimate of drug-likeness (QED) is 0.427. The lowest BCUT2D eigenvalue weighted by atomic mass is 10.1. The van der Waals surface area contributed by atoms with Crippen LogP contribution in [0.25, 0.3) is 0 Å². The van der Waals surface area contributed by atoms with Crippen molar-refractivity contribution in [2.75, 3.05) is 11.9 Å². The Morgan fingerprint density at radius 1 is 1.26 bits per heavy atom. The number of aliphatic hydroxyl groups excluding tert-OH is 3. The highest BCUT2D eigenvalue weighted by Crippen LogP contribution is 2.24. The van der Waals surface area contributed by atoms with E-state index in [2.05, 4.69) is 5.32 Å². The smallest absolute Gasteiger partial charge is 0.269 e. The molecule has 1 aliphatic rings. The predicted octanol–water partition coefficient (Wildman–Crippen LogP) is -0.554. The summed E-state index contributed by atoms with van der Waals surface area (Å²) in [6, 6.07) is 5.55. The van der Waals surface area contributed by atoms with Crippen molar-refractivity contribution >= 4 is 11.4 Å². The van der Waals surface area contributed by atoms with Gasteiger partial charge in [-0.15, -0.1) is 0 Å². The highest BCUT2D eigenvalue weighted by atomic mass is 16.6. The zero-order valence-corrected chi connectivity index (χ0v) is 9.84. The Balaban J connectivity index is 2.03. The van der Waals surface area contributed by atoms with Gasteiger partial charge in [0.15, 0.2) is 6.23 Å². The van der Waals surface area contributed by atoms with Gasteiger partial charge in [0, 0.05) is 17.8 Å². The van der Waals surface area contributed by atoms with Crippen LogP contribution in [0.1, 0.15) is 0 Å². The first-order chi connectivity index (χ1) is 9.02. The Kier molecular flexibility index (Phi) is 3.96. The molecule has 0 spiro atoms. The maximum absolute atomic E-state index is 10.5. The maximum atomic E-state index is 10.5. The zero-order valence-electron chi connectivity index (χ0n) is 9.84. The zero-order chi connectivity index (χ0) is 14.0. The van der Waals surface area contributed by atoms with Crippen LogP contribution in [0, 0.1) is 10.1 Å². The molecule has 0 radical (unpaired) electrons. The molecular weight excluding hydrogens is 256 g/mol. The number of rotatable bonds is 4. The molecule has 1 aromatic carbocycles. The van der Waals surface area contributed by atoms with E-state index in [0.29, 0.717) is 5.69 Å². The molecule has 1 heterocycles. The summed E-state index contributed by atoms with van der Waals surface area (Å²) in [5.74, 6) is 0. The second kappa shape index (κ2) is 5.49. The predicted molar refractivity (Wildman–Crippen MR) is 64.5 cm³/mol. The third-order valence-electron chi connectivity index (χ3n) is 2.93. The molecule has 2 rings (SSSR count). The topological polar surface area (TPSA) is 125 Å². The van der Waals surface area contributed by atoms with Gasteiger partial charge >= 0.3 is 0 Å². The van der Waals surface area contributed by atoms with Gasteiger partial charge in [-0.05, 0) is 12.1 Å². The number of nitrogens with one attached hydrogen (secondary N) is 1. The van der Waals surface area contributed by atoms with Gasteiger partial charge in [0.05, 0.1) is 11.5 Å². The fourth-order valence-corrected chi connectivity index (χ4v) is 1.86. The molecule has 0 saturated carbocycles. The lowest BCUT2D eigenvalue weighted by molar-refractivity contribution is -0.384. The SMILES string of the molecule is O=[N+]([O-])c1ccc(N[C@H]2O[C@H](CO)[C@@H](O)[C@H]2O)cc1. The van der Waals surface area contributed by atoms with Crippen LogP contribution in [0.3, 0.4) is 0 Å². The molecule has 19 heavy (non-hydrogen) atoms. The van der Waals surface area contributed by atoms with Gasteiger partial charge in [0.2, 0.25) is 0 Å². The van der Waals surface area contributed by atoms with E-state index in [1.165, 1.54) is 24.3 Å². The normalized spacial score (nSPS) is 30.3. The van der Waals surface area contributed by atoms with E-state index in [4.69, 9.17) is 9.84 Å². The number of nitro benzene ring substituents is 1. The molecule has 0 aromatic heterocycles. The monoisotopic (exact) mass is 270 g/mol. The first kappa shape index (κ1) is 13.7. The number of ether oxygens (including phenoxy) is 1. The number of anilines is 1. The minimum Gasteiger partial charge on any atom is -0.394 e. The van der Waals surface area contributed by atoms with E-state index in [0.717, 1.165) is 0 Å². The van der Waals surface area contributed by atoms with Crippen molar-refractivity contribution in [1.82, 2.24) is 0 Å². The number of aliphatic hydroxyl groups is 3. The third-order valence-corrected chi connectivity index (χ3v) is 2.93. The van der Waals surface area contributed by atoms with E-state index in [-0.39, 0.29) is 5.69 Å². The van der Waals surface area contributed by atoms with E-state index < -0.39 is 36.1 Å². The largest absolute Gasteiger partial charge is 0.394 e. The van der Waals surface area contributed by atoms with Gasteiger partial charge in [-0.25, -0.2) is 0 Å². The van der Waals surface area contributed by atoms with Crippen LogP contribution >= 0.6 is 0 Å². The molecule has 4 atom stereocenters. The van der Waals surface area contributed by atoms with Crippen molar-refractivity contribution in [3.05, 3.63) is 34.4 Å². The van der Waals surface area contributed by atoms with Gasteiger partial charge in [-0.3, -0.25) is 10.1 Å². The first-order valence-corrected chi connectivity index (χ1v) is 5.66. The summed E-state index contributed by atoms with van der Waals surface area (Å²) in [7, 11) is 0. The van der Waals surface area contributed by atoms with E-state index in [1.807, 2.05) is 0 Å². The summed E-state index contributed by atoms with van der Waals surface area (Å²) < 4.78 is 5.22. The minimum atomic E-state index is -1.19. The Morgan fingerprint density at radius 3 is 2.37 bits per heavy atom. The van der Waals surface area contributed by atoms with Crippen molar-refractivity contribution in [1.29, 1.82) is 0 Å². The summed E-state index contributed by atoms with van der Waals surface area (Å²) >= 11 is 0. The van der Waals surface area contributed by atoms with Crippen molar-refractivity contribution < 1.29 is 25.0 Å². The van der Waals surface area contributed by atoms with Crippen molar-refractivity contribution in [2.45, 2.75) is 24.5 Å². The van der Waals surface area contributed by atoms with Crippen molar-refractivity contribution in [3.8, 4) is 0 Å². The maximum Gasteiger partial charge on any atom is 0.269 e. The van der Waals surface area contributed by atoms with E-state index in [1.54, 1.807) is 0 Å². The van der Waals surface area contributed by atoms with Gasteiger partial charge < -0.3 is 25.4 Å². The summed E-state index contributed by atoms with van der Waals surface area (Å²) in [5.41, 5.74) is 0.451. The number of hydrogen-bond donors (Lipinski definition) is 4. The summed E-state index contributed by atoms with van der Waals surface area (Å²) in [5, 5.41) is 41.5. The van der Waals surface area contributed by atoms with Crippen LogP contribution in [0.5, 0.6) is 0 Å². The molecule has 0 amide bonds. The lowest BCUT2D eigenvalue weighted by Gasteiger charge is -2.17. The standard InChI is InChI=1S/C11H14N2O6/c14-5-8-9(15)10(16)11(19-8)12-6-1-3-7(4-2-6)13(17)18/h1-4,8-12,14-16H,5H2/t8-,9-,10-,11+/m1/s1. The van der Waals surface area contributed by atoms with Crippen molar-refractivity contribution in [2.24, 2.45) is 0 Å². The number of hydrogen-bond acceptors (Lipinski definition) is 7. The molecule has 0 aliphatic carbocycles. The molecule has 4 N–H and O–H groups in total. The Morgan fingerprint density at radius 2 is 1.89 bits per heavy atom. The summed E-state index contributed by atoms with van der Waals surface area (Å²) in [6.45, 7) is -0.406. The molecule has 104 valence electrons. The second-order valence-electron chi connectivity index (χ2n) is 4.21. The molecule has 0 bridgehead atoms. The van der Waals surface area contributed by atoms with Crippen LogP contribution in [0.15, 0.2) is 24.3 Å². The Hall–Kier alpha value is -1.74. The molecule has 1 fully saturated rings. The fraction of sp³-hybridized carbons (Fsp3) is 0.455. The average Bonchev–Trinajstić information content (AvgIpc) is 2.67. The van der Waals surface area contributed by atoms with Gasteiger partial charge in [-0.2, -0.15) is 0 Å². The van der Waals surface area contributed by atoms with Crippen LogP contribution in [-0.2, 0) is 4.74 Å². The number of nitro groups is 1. The highest BCUT2D eigenvalue weighted by molar-refractivity contribution is 5.49. The fourth-order valence-electron chi connectivity index (χ4n) is 1.86. The summed E-state index contributed by atoms with van der Waals surface area (Å²) in [4.78, 5) is 9.98. The highest BCUT2D eigenvalue weighted by Gasteiger charge is 2.42. The van der Waals surface area contributed by atoms with Gasteiger partial charge in [0.25, 0.3) is 5.69 Å².